The van der Waals surface area contributed by atoms with E-state index in [1.165, 1.54) is 32.1 Å². The van der Waals surface area contributed by atoms with Crippen molar-refractivity contribution in [2.24, 2.45) is 0 Å². The Hall–Kier alpha value is -0.610. The lowest BCUT2D eigenvalue weighted by molar-refractivity contribution is -0.129. The first-order valence-electron chi connectivity index (χ1n) is 6.70. The fourth-order valence-electron chi connectivity index (χ4n) is 2.51. The molecule has 1 rings (SSSR count). The fraction of sp³-hybridized carbons (Fsp3) is 0.923. The standard InChI is InChI=1S/C13H26N2O2/c1-14(2)13(17)8-9-15(10-11-16)12-6-4-3-5-7-12/h12,16H,3-11H2,1-2H3. The minimum Gasteiger partial charge on any atom is -0.395 e. The first-order chi connectivity index (χ1) is 8.15. The molecule has 0 bridgehead atoms. The van der Waals surface area contributed by atoms with Crippen LogP contribution in [0.4, 0.5) is 0 Å². The van der Waals surface area contributed by atoms with Crippen LogP contribution < -0.4 is 0 Å². The van der Waals surface area contributed by atoms with E-state index in [0.717, 1.165) is 6.54 Å². The number of amides is 1. The molecule has 1 saturated carbocycles. The van der Waals surface area contributed by atoms with Gasteiger partial charge in [-0.15, -0.1) is 0 Å². The zero-order chi connectivity index (χ0) is 12.7. The lowest BCUT2D eigenvalue weighted by atomic mass is 9.94. The maximum absolute atomic E-state index is 11.6. The molecule has 0 atom stereocenters. The Morgan fingerprint density at radius 2 is 1.82 bits per heavy atom. The van der Waals surface area contributed by atoms with E-state index in [1.807, 2.05) is 0 Å². The molecule has 1 aliphatic carbocycles. The molecule has 0 unspecified atom stereocenters. The predicted octanol–water partition coefficient (Wildman–Crippen LogP) is 1.09. The maximum Gasteiger partial charge on any atom is 0.223 e. The molecule has 0 aromatic rings. The summed E-state index contributed by atoms with van der Waals surface area (Å²) in [5, 5.41) is 9.10. The number of nitrogens with zero attached hydrogens (tertiary/aromatic N) is 2. The van der Waals surface area contributed by atoms with E-state index in [2.05, 4.69) is 4.90 Å². The summed E-state index contributed by atoms with van der Waals surface area (Å²) >= 11 is 0. The molecule has 0 heterocycles. The van der Waals surface area contributed by atoms with Crippen molar-refractivity contribution >= 4 is 5.91 Å². The molecule has 0 aromatic heterocycles. The minimum atomic E-state index is 0.170. The predicted molar refractivity (Wildman–Crippen MR) is 68.8 cm³/mol. The average Bonchev–Trinajstić information content (AvgIpc) is 2.35. The summed E-state index contributed by atoms with van der Waals surface area (Å²) in [6.45, 7) is 1.67. The zero-order valence-electron chi connectivity index (χ0n) is 11.2. The molecule has 4 heteroatoms. The summed E-state index contributed by atoms with van der Waals surface area (Å²) in [6, 6.07) is 0.575. The lowest BCUT2D eigenvalue weighted by Gasteiger charge is -2.34. The molecule has 17 heavy (non-hydrogen) atoms. The van der Waals surface area contributed by atoms with Crippen LogP contribution in [0.3, 0.4) is 0 Å². The number of carbonyl (C=O) groups is 1. The van der Waals surface area contributed by atoms with Crippen molar-refractivity contribution in [3.8, 4) is 0 Å². The Labute approximate surface area is 105 Å². The van der Waals surface area contributed by atoms with Gasteiger partial charge < -0.3 is 10.0 Å². The topological polar surface area (TPSA) is 43.8 Å². The third-order valence-corrected chi connectivity index (χ3v) is 3.59. The second kappa shape index (κ2) is 7.67. The van der Waals surface area contributed by atoms with Crippen molar-refractivity contribution in [1.82, 2.24) is 9.80 Å². The number of hydrogen-bond acceptors (Lipinski definition) is 3. The highest BCUT2D eigenvalue weighted by Gasteiger charge is 2.21. The van der Waals surface area contributed by atoms with Gasteiger partial charge >= 0.3 is 0 Å². The molecule has 4 nitrogen and oxygen atoms in total. The van der Waals surface area contributed by atoms with E-state index >= 15 is 0 Å². The zero-order valence-corrected chi connectivity index (χ0v) is 11.2. The van der Waals surface area contributed by atoms with Crippen LogP contribution in [0, 0.1) is 0 Å². The molecular weight excluding hydrogens is 216 g/mol. The van der Waals surface area contributed by atoms with Gasteiger partial charge in [-0.25, -0.2) is 0 Å². The molecule has 1 aliphatic rings. The van der Waals surface area contributed by atoms with Gasteiger partial charge in [-0.2, -0.15) is 0 Å². The third kappa shape index (κ3) is 5.04. The summed E-state index contributed by atoms with van der Waals surface area (Å²) in [5.74, 6) is 0.170. The quantitative estimate of drug-likeness (QED) is 0.758. The lowest BCUT2D eigenvalue weighted by Crippen LogP contribution is -2.40. The third-order valence-electron chi connectivity index (χ3n) is 3.59. The smallest absolute Gasteiger partial charge is 0.223 e. The highest BCUT2D eigenvalue weighted by atomic mass is 16.3. The van der Waals surface area contributed by atoms with Crippen molar-refractivity contribution in [3.63, 3.8) is 0 Å². The maximum atomic E-state index is 11.6. The van der Waals surface area contributed by atoms with Gasteiger partial charge in [0.15, 0.2) is 0 Å². The highest BCUT2D eigenvalue weighted by Crippen LogP contribution is 2.22. The van der Waals surface area contributed by atoms with Gasteiger partial charge in [-0.05, 0) is 12.8 Å². The van der Waals surface area contributed by atoms with E-state index in [4.69, 9.17) is 5.11 Å². The van der Waals surface area contributed by atoms with Crippen LogP contribution >= 0.6 is 0 Å². The van der Waals surface area contributed by atoms with Crippen LogP contribution in [0.15, 0.2) is 0 Å². The van der Waals surface area contributed by atoms with Gasteiger partial charge in [0.2, 0.25) is 5.91 Å². The second-order valence-electron chi connectivity index (χ2n) is 5.09. The Bertz CT molecular complexity index is 225. The number of carbonyl (C=O) groups excluding carboxylic acids is 1. The summed E-state index contributed by atoms with van der Waals surface area (Å²) < 4.78 is 0. The van der Waals surface area contributed by atoms with Crippen LogP contribution in [-0.2, 0) is 4.79 Å². The van der Waals surface area contributed by atoms with Gasteiger partial charge in [-0.3, -0.25) is 9.69 Å². The molecule has 1 amide bonds. The number of rotatable bonds is 6. The van der Waals surface area contributed by atoms with Gasteiger partial charge in [0.1, 0.15) is 0 Å². The summed E-state index contributed by atoms with van der Waals surface area (Å²) in [7, 11) is 3.58. The van der Waals surface area contributed by atoms with Crippen LogP contribution in [0.1, 0.15) is 38.5 Å². The first-order valence-corrected chi connectivity index (χ1v) is 6.70. The molecule has 1 fully saturated rings. The molecule has 0 spiro atoms. The first kappa shape index (κ1) is 14.5. The average molecular weight is 242 g/mol. The van der Waals surface area contributed by atoms with E-state index < -0.39 is 0 Å². The van der Waals surface area contributed by atoms with Gasteiger partial charge in [0.25, 0.3) is 0 Å². The van der Waals surface area contributed by atoms with Crippen LogP contribution in [0.2, 0.25) is 0 Å². The Morgan fingerprint density at radius 3 is 2.35 bits per heavy atom. The van der Waals surface area contributed by atoms with Crippen LogP contribution in [0.25, 0.3) is 0 Å². The number of hydrogen-bond donors (Lipinski definition) is 1. The van der Waals surface area contributed by atoms with E-state index in [9.17, 15) is 4.79 Å². The van der Waals surface area contributed by atoms with E-state index in [1.54, 1.807) is 19.0 Å². The Balaban J connectivity index is 2.38. The summed E-state index contributed by atoms with van der Waals surface area (Å²) in [5.41, 5.74) is 0. The van der Waals surface area contributed by atoms with Gasteiger partial charge in [0, 0.05) is 39.6 Å². The van der Waals surface area contributed by atoms with Crippen molar-refractivity contribution in [1.29, 1.82) is 0 Å². The molecule has 1 N–H and O–H groups in total. The van der Waals surface area contributed by atoms with Crippen LogP contribution in [0.5, 0.6) is 0 Å². The van der Waals surface area contributed by atoms with Crippen molar-refractivity contribution in [2.45, 2.75) is 44.6 Å². The number of aliphatic hydroxyl groups excluding tert-OH is 1. The van der Waals surface area contributed by atoms with Gasteiger partial charge in [0.05, 0.1) is 6.61 Å². The van der Waals surface area contributed by atoms with Crippen molar-refractivity contribution in [3.05, 3.63) is 0 Å². The summed E-state index contributed by atoms with van der Waals surface area (Å²) in [6.07, 6.45) is 6.90. The van der Waals surface area contributed by atoms with Gasteiger partial charge in [-0.1, -0.05) is 19.3 Å². The van der Waals surface area contributed by atoms with Crippen molar-refractivity contribution in [2.75, 3.05) is 33.8 Å². The van der Waals surface area contributed by atoms with Crippen molar-refractivity contribution < 1.29 is 9.90 Å². The molecule has 0 aliphatic heterocycles. The number of aliphatic hydroxyl groups is 1. The molecule has 0 aromatic carbocycles. The fourth-order valence-corrected chi connectivity index (χ4v) is 2.51. The molecule has 0 saturated heterocycles. The monoisotopic (exact) mass is 242 g/mol. The normalized spacial score (nSPS) is 17.4. The van der Waals surface area contributed by atoms with E-state index in [0.29, 0.717) is 19.0 Å². The molecule has 100 valence electrons. The second-order valence-corrected chi connectivity index (χ2v) is 5.09. The Kier molecular flexibility index (Phi) is 6.52. The highest BCUT2D eigenvalue weighted by molar-refractivity contribution is 5.75. The van der Waals surface area contributed by atoms with Crippen LogP contribution in [-0.4, -0.2) is 60.6 Å². The van der Waals surface area contributed by atoms with E-state index in [-0.39, 0.29) is 12.5 Å². The summed E-state index contributed by atoms with van der Waals surface area (Å²) in [4.78, 5) is 15.5. The SMILES string of the molecule is CN(C)C(=O)CCN(CCO)C1CCCCC1. The molecule has 0 radical (unpaired) electrons. The molecular formula is C13H26N2O2. The minimum absolute atomic E-state index is 0.170. The largest absolute Gasteiger partial charge is 0.395 e. The Morgan fingerprint density at radius 1 is 1.18 bits per heavy atom.